The SMILES string of the molecule is COc1ccc(OC)c(-c2nccc(Cl)n2)c1. The van der Waals surface area contributed by atoms with Crippen molar-refractivity contribution in [3.63, 3.8) is 0 Å². The minimum atomic E-state index is 0.389. The zero-order valence-electron chi connectivity index (χ0n) is 9.48. The Morgan fingerprint density at radius 3 is 2.59 bits per heavy atom. The standard InChI is InChI=1S/C12H11ClN2O2/c1-16-8-3-4-10(17-2)9(7-8)12-14-6-5-11(13)15-12/h3-7H,1-2H3. The molecule has 0 saturated carbocycles. The molecule has 0 aliphatic carbocycles. The van der Waals surface area contributed by atoms with Gasteiger partial charge in [0.05, 0.1) is 19.8 Å². The fourth-order valence-corrected chi connectivity index (χ4v) is 1.59. The van der Waals surface area contributed by atoms with E-state index in [1.807, 2.05) is 12.1 Å². The fourth-order valence-electron chi connectivity index (χ4n) is 1.46. The average Bonchev–Trinajstić information content (AvgIpc) is 2.38. The van der Waals surface area contributed by atoms with Crippen LogP contribution < -0.4 is 9.47 Å². The van der Waals surface area contributed by atoms with Gasteiger partial charge in [-0.3, -0.25) is 0 Å². The Kier molecular flexibility index (Phi) is 3.44. The third-order valence-electron chi connectivity index (χ3n) is 2.27. The van der Waals surface area contributed by atoms with E-state index < -0.39 is 0 Å². The molecule has 0 radical (unpaired) electrons. The Balaban J connectivity index is 2.56. The van der Waals surface area contributed by atoms with Crippen molar-refractivity contribution in [1.82, 2.24) is 9.97 Å². The van der Waals surface area contributed by atoms with Gasteiger partial charge in [0, 0.05) is 6.20 Å². The Labute approximate surface area is 104 Å². The van der Waals surface area contributed by atoms with E-state index in [-0.39, 0.29) is 0 Å². The molecule has 1 aromatic heterocycles. The first-order chi connectivity index (χ1) is 8.24. The van der Waals surface area contributed by atoms with Crippen LogP contribution in [0.2, 0.25) is 5.15 Å². The van der Waals surface area contributed by atoms with Gasteiger partial charge in [0.2, 0.25) is 0 Å². The molecule has 0 aliphatic rings. The van der Waals surface area contributed by atoms with Gasteiger partial charge in [-0.15, -0.1) is 0 Å². The minimum Gasteiger partial charge on any atom is -0.497 e. The van der Waals surface area contributed by atoms with Gasteiger partial charge in [-0.2, -0.15) is 0 Å². The van der Waals surface area contributed by atoms with Crippen LogP contribution in [0, 0.1) is 0 Å². The van der Waals surface area contributed by atoms with Gasteiger partial charge >= 0.3 is 0 Å². The van der Waals surface area contributed by atoms with E-state index in [1.165, 1.54) is 0 Å². The molecule has 1 aromatic carbocycles. The summed E-state index contributed by atoms with van der Waals surface area (Å²) in [5, 5.41) is 0.389. The average molecular weight is 251 g/mol. The van der Waals surface area contributed by atoms with E-state index in [0.717, 1.165) is 5.56 Å². The van der Waals surface area contributed by atoms with E-state index in [4.69, 9.17) is 21.1 Å². The summed E-state index contributed by atoms with van der Waals surface area (Å²) in [4.78, 5) is 8.31. The fraction of sp³-hybridized carbons (Fsp3) is 0.167. The predicted molar refractivity (Wildman–Crippen MR) is 65.6 cm³/mol. The zero-order chi connectivity index (χ0) is 12.3. The molecular weight excluding hydrogens is 240 g/mol. The second-order valence-electron chi connectivity index (χ2n) is 3.27. The predicted octanol–water partition coefficient (Wildman–Crippen LogP) is 2.81. The highest BCUT2D eigenvalue weighted by Crippen LogP contribution is 2.31. The number of halogens is 1. The number of hydrogen-bond donors (Lipinski definition) is 0. The summed E-state index contributed by atoms with van der Waals surface area (Å²) in [5.74, 6) is 1.89. The Hall–Kier alpha value is -1.81. The molecule has 0 atom stereocenters. The molecule has 0 bridgehead atoms. The monoisotopic (exact) mass is 250 g/mol. The van der Waals surface area contributed by atoms with E-state index in [2.05, 4.69) is 9.97 Å². The first kappa shape index (κ1) is 11.7. The quantitative estimate of drug-likeness (QED) is 0.786. The molecule has 5 heteroatoms. The van der Waals surface area contributed by atoms with Gasteiger partial charge in [-0.1, -0.05) is 11.6 Å². The van der Waals surface area contributed by atoms with Crippen molar-refractivity contribution in [1.29, 1.82) is 0 Å². The summed E-state index contributed by atoms with van der Waals surface area (Å²) >= 11 is 5.84. The second-order valence-corrected chi connectivity index (χ2v) is 3.66. The number of hydrogen-bond acceptors (Lipinski definition) is 4. The van der Waals surface area contributed by atoms with Crippen molar-refractivity contribution in [3.8, 4) is 22.9 Å². The summed E-state index contributed by atoms with van der Waals surface area (Å²) in [6, 6.07) is 7.05. The Bertz CT molecular complexity index is 532. The maximum atomic E-state index is 5.84. The second kappa shape index (κ2) is 5.01. The lowest BCUT2D eigenvalue weighted by Crippen LogP contribution is -1.94. The number of methoxy groups -OCH3 is 2. The van der Waals surface area contributed by atoms with Crippen LogP contribution in [0.15, 0.2) is 30.5 Å². The van der Waals surface area contributed by atoms with Crippen molar-refractivity contribution in [2.24, 2.45) is 0 Å². The molecule has 0 amide bonds. The molecule has 88 valence electrons. The molecule has 0 unspecified atom stereocenters. The maximum Gasteiger partial charge on any atom is 0.164 e. The van der Waals surface area contributed by atoms with Crippen molar-refractivity contribution >= 4 is 11.6 Å². The van der Waals surface area contributed by atoms with Gasteiger partial charge in [0.1, 0.15) is 16.7 Å². The Morgan fingerprint density at radius 1 is 1.12 bits per heavy atom. The van der Waals surface area contributed by atoms with Gasteiger partial charge in [-0.05, 0) is 24.3 Å². The van der Waals surface area contributed by atoms with Crippen molar-refractivity contribution in [3.05, 3.63) is 35.6 Å². The largest absolute Gasteiger partial charge is 0.497 e. The van der Waals surface area contributed by atoms with Crippen LogP contribution in [0.5, 0.6) is 11.5 Å². The van der Waals surface area contributed by atoms with Gasteiger partial charge in [0.25, 0.3) is 0 Å². The van der Waals surface area contributed by atoms with Crippen LogP contribution in [0.3, 0.4) is 0 Å². The first-order valence-corrected chi connectivity index (χ1v) is 5.33. The number of aromatic nitrogens is 2. The number of rotatable bonds is 3. The molecule has 0 N–H and O–H groups in total. The highest BCUT2D eigenvalue weighted by molar-refractivity contribution is 6.29. The lowest BCUT2D eigenvalue weighted by atomic mass is 10.1. The number of nitrogens with zero attached hydrogens (tertiary/aromatic N) is 2. The maximum absolute atomic E-state index is 5.84. The summed E-state index contributed by atoms with van der Waals surface area (Å²) in [5.41, 5.74) is 0.745. The van der Waals surface area contributed by atoms with E-state index >= 15 is 0 Å². The molecule has 0 spiro atoms. The van der Waals surface area contributed by atoms with Gasteiger partial charge in [0.15, 0.2) is 5.82 Å². The molecule has 4 nitrogen and oxygen atoms in total. The number of benzene rings is 1. The lowest BCUT2D eigenvalue weighted by molar-refractivity contribution is 0.404. The van der Waals surface area contributed by atoms with Crippen LogP contribution in [0.4, 0.5) is 0 Å². The topological polar surface area (TPSA) is 44.2 Å². The lowest BCUT2D eigenvalue weighted by Gasteiger charge is -2.09. The van der Waals surface area contributed by atoms with Crippen LogP contribution >= 0.6 is 11.6 Å². The van der Waals surface area contributed by atoms with Crippen LogP contribution in [0.1, 0.15) is 0 Å². The third kappa shape index (κ3) is 2.47. The van der Waals surface area contributed by atoms with Gasteiger partial charge in [-0.25, -0.2) is 9.97 Å². The molecule has 17 heavy (non-hydrogen) atoms. The highest BCUT2D eigenvalue weighted by Gasteiger charge is 2.10. The van der Waals surface area contributed by atoms with Crippen LogP contribution in [-0.4, -0.2) is 24.2 Å². The van der Waals surface area contributed by atoms with Crippen molar-refractivity contribution in [2.45, 2.75) is 0 Å². The van der Waals surface area contributed by atoms with Gasteiger partial charge < -0.3 is 9.47 Å². The van der Waals surface area contributed by atoms with Crippen molar-refractivity contribution in [2.75, 3.05) is 14.2 Å². The smallest absolute Gasteiger partial charge is 0.164 e. The zero-order valence-corrected chi connectivity index (χ0v) is 10.2. The third-order valence-corrected chi connectivity index (χ3v) is 2.48. The first-order valence-electron chi connectivity index (χ1n) is 4.95. The highest BCUT2D eigenvalue weighted by atomic mass is 35.5. The van der Waals surface area contributed by atoms with Crippen molar-refractivity contribution < 1.29 is 9.47 Å². The summed E-state index contributed by atoms with van der Waals surface area (Å²) < 4.78 is 10.4. The molecule has 0 saturated heterocycles. The van der Waals surface area contributed by atoms with E-state index in [0.29, 0.717) is 22.5 Å². The summed E-state index contributed by atoms with van der Waals surface area (Å²) in [6.07, 6.45) is 1.60. The summed E-state index contributed by atoms with van der Waals surface area (Å²) in [6.45, 7) is 0. The number of ether oxygens (including phenoxy) is 2. The molecule has 1 heterocycles. The summed E-state index contributed by atoms with van der Waals surface area (Å²) in [7, 11) is 3.19. The molecule has 2 aromatic rings. The molecular formula is C12H11ClN2O2. The molecule has 0 aliphatic heterocycles. The van der Waals surface area contributed by atoms with E-state index in [1.54, 1.807) is 32.5 Å². The van der Waals surface area contributed by atoms with Crippen LogP contribution in [-0.2, 0) is 0 Å². The van der Waals surface area contributed by atoms with Crippen LogP contribution in [0.25, 0.3) is 11.4 Å². The normalized spacial score (nSPS) is 10.1. The minimum absolute atomic E-state index is 0.389. The Morgan fingerprint density at radius 2 is 1.94 bits per heavy atom. The van der Waals surface area contributed by atoms with E-state index in [9.17, 15) is 0 Å². The molecule has 0 fully saturated rings. The molecule has 2 rings (SSSR count).